The van der Waals surface area contributed by atoms with E-state index in [1.807, 2.05) is 0 Å². The Balaban J connectivity index is 1.84. The monoisotopic (exact) mass is 229 g/mol. The highest BCUT2D eigenvalue weighted by atomic mass is 16.1. The standard InChI is InChI=1S/C15H19NO/c1-11(12-5-3-2-4-6-12)16-13-7-8-14(16)10-15(17)9-13/h2-6,11,13-14H,7-10H2,1H3/t11-,13?,14?/m1/s1. The summed E-state index contributed by atoms with van der Waals surface area (Å²) in [5.74, 6) is 0.467. The fourth-order valence-corrected chi connectivity index (χ4v) is 3.54. The van der Waals surface area contributed by atoms with Crippen LogP contribution in [0.25, 0.3) is 0 Å². The number of Topliss-reactive ketones (excluding diaryl/α,β-unsaturated/α-hetero) is 1. The first-order valence-electron chi connectivity index (χ1n) is 6.60. The molecule has 2 saturated heterocycles. The number of nitrogens with zero attached hydrogens (tertiary/aromatic N) is 1. The molecule has 3 atom stereocenters. The summed E-state index contributed by atoms with van der Waals surface area (Å²) in [5, 5.41) is 0. The zero-order chi connectivity index (χ0) is 11.8. The van der Waals surface area contributed by atoms with E-state index in [0.717, 1.165) is 12.8 Å². The lowest BCUT2D eigenvalue weighted by molar-refractivity contribution is -0.124. The highest BCUT2D eigenvalue weighted by molar-refractivity contribution is 5.81. The van der Waals surface area contributed by atoms with Crippen molar-refractivity contribution in [3.05, 3.63) is 35.9 Å². The molecule has 1 aromatic rings. The molecule has 0 amide bonds. The Morgan fingerprint density at radius 1 is 1.12 bits per heavy atom. The van der Waals surface area contributed by atoms with Gasteiger partial charge >= 0.3 is 0 Å². The topological polar surface area (TPSA) is 20.3 Å². The molecule has 1 aromatic carbocycles. The predicted octanol–water partition coefficient (Wildman–Crippen LogP) is 2.94. The molecule has 2 heteroatoms. The van der Waals surface area contributed by atoms with Gasteiger partial charge in [0.1, 0.15) is 5.78 Å². The summed E-state index contributed by atoms with van der Waals surface area (Å²) in [7, 11) is 0. The van der Waals surface area contributed by atoms with Gasteiger partial charge in [0, 0.05) is 31.0 Å². The molecule has 2 bridgehead atoms. The van der Waals surface area contributed by atoms with Crippen molar-refractivity contribution in [2.75, 3.05) is 0 Å². The highest BCUT2D eigenvalue weighted by Crippen LogP contribution is 2.39. The summed E-state index contributed by atoms with van der Waals surface area (Å²) >= 11 is 0. The maximum Gasteiger partial charge on any atom is 0.136 e. The number of ketones is 1. The van der Waals surface area contributed by atoms with Crippen LogP contribution in [0.3, 0.4) is 0 Å². The largest absolute Gasteiger partial charge is 0.300 e. The summed E-state index contributed by atoms with van der Waals surface area (Å²) < 4.78 is 0. The second-order valence-corrected chi connectivity index (χ2v) is 5.37. The number of piperidine rings is 1. The molecular formula is C15H19NO. The normalized spacial score (nSPS) is 30.5. The molecular weight excluding hydrogens is 210 g/mol. The number of carbonyl (C=O) groups excluding carboxylic acids is 1. The van der Waals surface area contributed by atoms with Gasteiger partial charge in [-0.05, 0) is 25.3 Å². The first-order valence-corrected chi connectivity index (χ1v) is 6.60. The van der Waals surface area contributed by atoms with E-state index in [-0.39, 0.29) is 0 Å². The van der Waals surface area contributed by atoms with Crippen LogP contribution in [-0.2, 0) is 4.79 Å². The van der Waals surface area contributed by atoms with E-state index in [1.54, 1.807) is 0 Å². The Morgan fingerprint density at radius 2 is 1.71 bits per heavy atom. The Labute approximate surface area is 103 Å². The molecule has 3 rings (SSSR count). The van der Waals surface area contributed by atoms with Crippen molar-refractivity contribution in [3.8, 4) is 0 Å². The van der Waals surface area contributed by atoms with Crippen LogP contribution in [0.15, 0.2) is 30.3 Å². The van der Waals surface area contributed by atoms with Gasteiger partial charge in [-0.25, -0.2) is 0 Å². The molecule has 17 heavy (non-hydrogen) atoms. The van der Waals surface area contributed by atoms with Gasteiger partial charge in [-0.3, -0.25) is 9.69 Å². The third kappa shape index (κ3) is 1.91. The van der Waals surface area contributed by atoms with E-state index in [1.165, 1.54) is 18.4 Å². The van der Waals surface area contributed by atoms with E-state index in [2.05, 4.69) is 42.2 Å². The average molecular weight is 229 g/mol. The van der Waals surface area contributed by atoms with Crippen LogP contribution in [0.2, 0.25) is 0 Å². The van der Waals surface area contributed by atoms with Crippen LogP contribution in [0.1, 0.15) is 44.2 Å². The smallest absolute Gasteiger partial charge is 0.136 e. The lowest BCUT2D eigenvalue weighted by atomic mass is 9.96. The van der Waals surface area contributed by atoms with Gasteiger partial charge in [0.2, 0.25) is 0 Å². The molecule has 0 radical (unpaired) electrons. The summed E-state index contributed by atoms with van der Waals surface area (Å²) in [5.41, 5.74) is 1.37. The first-order chi connectivity index (χ1) is 8.25. The van der Waals surface area contributed by atoms with Crippen molar-refractivity contribution >= 4 is 5.78 Å². The van der Waals surface area contributed by atoms with Crippen molar-refractivity contribution in [2.24, 2.45) is 0 Å². The number of fused-ring (bicyclic) bond motifs is 2. The van der Waals surface area contributed by atoms with Gasteiger partial charge < -0.3 is 0 Å². The molecule has 90 valence electrons. The maximum absolute atomic E-state index is 11.6. The fourth-order valence-electron chi connectivity index (χ4n) is 3.54. The second kappa shape index (κ2) is 4.26. The van der Waals surface area contributed by atoms with Gasteiger partial charge in [0.05, 0.1) is 0 Å². The third-order valence-electron chi connectivity index (χ3n) is 4.33. The Morgan fingerprint density at radius 3 is 2.29 bits per heavy atom. The fraction of sp³-hybridized carbons (Fsp3) is 0.533. The number of benzene rings is 1. The minimum atomic E-state index is 0.446. The van der Waals surface area contributed by atoms with Gasteiger partial charge in [-0.2, -0.15) is 0 Å². The molecule has 2 fully saturated rings. The molecule has 2 nitrogen and oxygen atoms in total. The van der Waals surface area contributed by atoms with Crippen LogP contribution in [0, 0.1) is 0 Å². The summed E-state index contributed by atoms with van der Waals surface area (Å²) in [6, 6.07) is 12.1. The van der Waals surface area contributed by atoms with Crippen LogP contribution in [-0.4, -0.2) is 22.8 Å². The van der Waals surface area contributed by atoms with E-state index < -0.39 is 0 Å². The zero-order valence-electron chi connectivity index (χ0n) is 10.3. The van der Waals surface area contributed by atoms with Gasteiger partial charge in [-0.15, -0.1) is 0 Å². The van der Waals surface area contributed by atoms with Crippen molar-refractivity contribution in [1.29, 1.82) is 0 Å². The lowest BCUT2D eigenvalue weighted by Gasteiger charge is -2.38. The minimum absolute atomic E-state index is 0.446. The highest BCUT2D eigenvalue weighted by Gasteiger charge is 2.42. The van der Waals surface area contributed by atoms with Crippen molar-refractivity contribution in [1.82, 2.24) is 4.90 Å². The summed E-state index contributed by atoms with van der Waals surface area (Å²) in [6.07, 6.45) is 3.95. The number of hydrogen-bond donors (Lipinski definition) is 0. The van der Waals surface area contributed by atoms with Crippen molar-refractivity contribution in [2.45, 2.75) is 50.7 Å². The molecule has 2 unspecified atom stereocenters. The molecule has 2 aliphatic heterocycles. The van der Waals surface area contributed by atoms with E-state index >= 15 is 0 Å². The van der Waals surface area contributed by atoms with Crippen LogP contribution >= 0.6 is 0 Å². The minimum Gasteiger partial charge on any atom is -0.300 e. The van der Waals surface area contributed by atoms with Crippen molar-refractivity contribution in [3.63, 3.8) is 0 Å². The van der Waals surface area contributed by atoms with Gasteiger partial charge in [-0.1, -0.05) is 30.3 Å². The Kier molecular flexibility index (Phi) is 2.75. The summed E-state index contributed by atoms with van der Waals surface area (Å²) in [4.78, 5) is 14.2. The van der Waals surface area contributed by atoms with Crippen LogP contribution in [0.5, 0.6) is 0 Å². The molecule has 0 spiro atoms. The molecule has 0 N–H and O–H groups in total. The molecule has 0 aliphatic carbocycles. The summed E-state index contributed by atoms with van der Waals surface area (Å²) in [6.45, 7) is 2.27. The molecule has 2 heterocycles. The first kappa shape index (κ1) is 11.0. The SMILES string of the molecule is C[C@H](c1ccccc1)N1C2CCC1CC(=O)C2. The average Bonchev–Trinajstić information content (AvgIpc) is 2.62. The number of hydrogen-bond acceptors (Lipinski definition) is 2. The Hall–Kier alpha value is -1.15. The van der Waals surface area contributed by atoms with E-state index in [0.29, 0.717) is 23.9 Å². The second-order valence-electron chi connectivity index (χ2n) is 5.37. The number of carbonyl (C=O) groups is 1. The zero-order valence-corrected chi connectivity index (χ0v) is 10.3. The van der Waals surface area contributed by atoms with Gasteiger partial charge in [0.25, 0.3) is 0 Å². The Bertz CT molecular complexity index is 398. The van der Waals surface area contributed by atoms with Gasteiger partial charge in [0.15, 0.2) is 0 Å². The molecule has 0 aromatic heterocycles. The molecule has 2 aliphatic rings. The lowest BCUT2D eigenvalue weighted by Crippen LogP contribution is -2.44. The van der Waals surface area contributed by atoms with Crippen LogP contribution < -0.4 is 0 Å². The predicted molar refractivity (Wildman–Crippen MR) is 67.7 cm³/mol. The molecule has 0 saturated carbocycles. The van der Waals surface area contributed by atoms with Crippen molar-refractivity contribution < 1.29 is 4.79 Å². The maximum atomic E-state index is 11.6. The van der Waals surface area contributed by atoms with E-state index in [4.69, 9.17) is 0 Å². The number of rotatable bonds is 2. The third-order valence-corrected chi connectivity index (χ3v) is 4.33. The van der Waals surface area contributed by atoms with E-state index in [9.17, 15) is 4.79 Å². The van der Waals surface area contributed by atoms with Crippen LogP contribution in [0.4, 0.5) is 0 Å². The quantitative estimate of drug-likeness (QED) is 0.777.